The first-order valence-electron chi connectivity index (χ1n) is 9.62. The molecule has 2 aromatic rings. The zero-order chi connectivity index (χ0) is 21.2. The van der Waals surface area contributed by atoms with Crippen LogP contribution in [0.2, 0.25) is 0 Å². The summed E-state index contributed by atoms with van der Waals surface area (Å²) < 4.78 is 31.2. The van der Waals surface area contributed by atoms with E-state index in [2.05, 4.69) is 20.8 Å². The van der Waals surface area contributed by atoms with Crippen molar-refractivity contribution in [3.8, 4) is 5.75 Å². The fourth-order valence-electron chi connectivity index (χ4n) is 3.27. The Kier molecular flexibility index (Phi) is 6.00. The number of aliphatic hydroxyl groups is 1. The van der Waals surface area contributed by atoms with E-state index in [4.69, 9.17) is 4.74 Å². The molecule has 7 heteroatoms. The summed E-state index contributed by atoms with van der Waals surface area (Å²) in [6, 6.07) is 12.7. The van der Waals surface area contributed by atoms with Gasteiger partial charge in [0.05, 0.1) is 11.5 Å². The summed E-state index contributed by atoms with van der Waals surface area (Å²) in [6.07, 6.45) is 0.687. The Labute approximate surface area is 172 Å². The normalized spacial score (nSPS) is 16.8. The monoisotopic (exact) mass is 417 g/mol. The van der Waals surface area contributed by atoms with Gasteiger partial charge >= 0.3 is 0 Å². The second-order valence-electron chi connectivity index (χ2n) is 8.46. The summed E-state index contributed by atoms with van der Waals surface area (Å²) in [5, 5.41) is 10.4. The Bertz CT molecular complexity index is 977. The highest BCUT2D eigenvalue weighted by molar-refractivity contribution is 7.91. The maximum atomic E-state index is 12.8. The zero-order valence-corrected chi connectivity index (χ0v) is 17.8. The lowest BCUT2D eigenvalue weighted by Gasteiger charge is -2.20. The highest BCUT2D eigenvalue weighted by Crippen LogP contribution is 2.32. The van der Waals surface area contributed by atoms with E-state index in [0.717, 1.165) is 17.7 Å². The van der Waals surface area contributed by atoms with E-state index in [1.54, 1.807) is 36.4 Å². The third kappa shape index (κ3) is 4.97. The number of fused-ring (bicyclic) bond motifs is 1. The molecule has 0 saturated heterocycles. The number of sulfone groups is 1. The van der Waals surface area contributed by atoms with E-state index < -0.39 is 27.8 Å². The fourth-order valence-corrected chi connectivity index (χ4v) is 4.60. The molecule has 156 valence electrons. The van der Waals surface area contributed by atoms with E-state index in [0.29, 0.717) is 23.5 Å². The standard InChI is InChI=1S/C22H27NO5S/c1-22(2,3)13-6-14-28-16-9-11-17(12-10-16)29(26,27)15-23-20(24)18-7-4-5-8-19(18)21(23)25/h4-5,7-12,20,24H,6,13-15H2,1-3H3. The number of aliphatic hydroxyl groups excluding tert-OH is 1. The number of ether oxygens (including phenoxy) is 1. The summed E-state index contributed by atoms with van der Waals surface area (Å²) in [7, 11) is -3.80. The van der Waals surface area contributed by atoms with Crippen LogP contribution in [0.15, 0.2) is 53.4 Å². The van der Waals surface area contributed by atoms with Gasteiger partial charge in [0, 0.05) is 11.1 Å². The Morgan fingerprint density at radius 1 is 1.07 bits per heavy atom. The van der Waals surface area contributed by atoms with Crippen LogP contribution in [0.3, 0.4) is 0 Å². The van der Waals surface area contributed by atoms with Gasteiger partial charge in [0.15, 0.2) is 16.1 Å². The van der Waals surface area contributed by atoms with Crippen LogP contribution in [0, 0.1) is 5.41 Å². The molecular formula is C22H27NO5S. The average Bonchev–Trinajstić information content (AvgIpc) is 2.90. The minimum Gasteiger partial charge on any atom is -0.494 e. The van der Waals surface area contributed by atoms with Crippen LogP contribution in [0.1, 0.15) is 55.8 Å². The van der Waals surface area contributed by atoms with Gasteiger partial charge in [-0.2, -0.15) is 0 Å². The van der Waals surface area contributed by atoms with Crippen molar-refractivity contribution in [3.05, 3.63) is 59.7 Å². The molecule has 6 nitrogen and oxygen atoms in total. The smallest absolute Gasteiger partial charge is 0.257 e. The van der Waals surface area contributed by atoms with Crippen molar-refractivity contribution in [3.63, 3.8) is 0 Å². The SMILES string of the molecule is CC(C)(C)CCCOc1ccc(S(=O)(=O)CN2C(=O)c3ccccc3C2O)cc1. The van der Waals surface area contributed by atoms with Gasteiger partial charge in [-0.05, 0) is 48.6 Å². The minimum atomic E-state index is -3.80. The lowest BCUT2D eigenvalue weighted by molar-refractivity contribution is 0.0261. The first-order valence-corrected chi connectivity index (χ1v) is 11.3. The third-order valence-electron chi connectivity index (χ3n) is 4.86. The minimum absolute atomic E-state index is 0.0792. The topological polar surface area (TPSA) is 83.9 Å². The lowest BCUT2D eigenvalue weighted by Crippen LogP contribution is -2.33. The predicted octanol–water partition coefficient (Wildman–Crippen LogP) is 3.77. The molecule has 1 aliphatic heterocycles. The molecular weight excluding hydrogens is 390 g/mol. The Morgan fingerprint density at radius 3 is 2.34 bits per heavy atom. The van der Waals surface area contributed by atoms with Crippen LogP contribution < -0.4 is 4.74 Å². The van der Waals surface area contributed by atoms with Gasteiger partial charge in [0.2, 0.25) is 0 Å². The number of amides is 1. The van der Waals surface area contributed by atoms with Gasteiger partial charge in [-0.3, -0.25) is 9.69 Å². The lowest BCUT2D eigenvalue weighted by atomic mass is 9.91. The number of carbonyl (C=O) groups is 1. The highest BCUT2D eigenvalue weighted by Gasteiger charge is 2.38. The van der Waals surface area contributed by atoms with Gasteiger partial charge in [-0.25, -0.2) is 8.42 Å². The molecule has 29 heavy (non-hydrogen) atoms. The first kappa shape index (κ1) is 21.3. The molecule has 0 fully saturated rings. The molecule has 0 aromatic heterocycles. The van der Waals surface area contributed by atoms with E-state index in [-0.39, 0.29) is 10.3 Å². The number of hydrogen-bond donors (Lipinski definition) is 1. The molecule has 0 saturated carbocycles. The summed E-state index contributed by atoms with van der Waals surface area (Å²) in [5.41, 5.74) is 0.999. The molecule has 0 aliphatic carbocycles. The summed E-state index contributed by atoms with van der Waals surface area (Å²) in [4.78, 5) is 13.5. The van der Waals surface area contributed by atoms with Crippen molar-refractivity contribution in [1.82, 2.24) is 4.90 Å². The summed E-state index contributed by atoms with van der Waals surface area (Å²) >= 11 is 0. The molecule has 1 N–H and O–H groups in total. The van der Waals surface area contributed by atoms with Crippen molar-refractivity contribution in [1.29, 1.82) is 0 Å². The molecule has 2 aromatic carbocycles. The van der Waals surface area contributed by atoms with Gasteiger partial charge in [-0.15, -0.1) is 0 Å². The second kappa shape index (κ2) is 8.16. The van der Waals surface area contributed by atoms with E-state index in [1.165, 1.54) is 12.1 Å². The van der Waals surface area contributed by atoms with Crippen LogP contribution in [0.4, 0.5) is 0 Å². The number of carbonyl (C=O) groups excluding carboxylic acids is 1. The van der Waals surface area contributed by atoms with Crippen molar-refractivity contribution in [2.24, 2.45) is 5.41 Å². The molecule has 1 heterocycles. The molecule has 3 rings (SSSR count). The van der Waals surface area contributed by atoms with Gasteiger partial charge in [0.1, 0.15) is 11.6 Å². The highest BCUT2D eigenvalue weighted by atomic mass is 32.2. The van der Waals surface area contributed by atoms with Gasteiger partial charge in [0.25, 0.3) is 5.91 Å². The van der Waals surface area contributed by atoms with Crippen LogP contribution in [-0.4, -0.2) is 36.8 Å². The molecule has 0 bridgehead atoms. The van der Waals surface area contributed by atoms with E-state index >= 15 is 0 Å². The van der Waals surface area contributed by atoms with Crippen molar-refractivity contribution >= 4 is 15.7 Å². The number of benzene rings is 2. The Hall–Kier alpha value is -2.38. The van der Waals surface area contributed by atoms with Gasteiger partial charge < -0.3 is 9.84 Å². The molecule has 1 unspecified atom stereocenters. The number of hydrogen-bond acceptors (Lipinski definition) is 5. The van der Waals surface area contributed by atoms with Crippen LogP contribution in [0.5, 0.6) is 5.75 Å². The molecule has 0 radical (unpaired) electrons. The quantitative estimate of drug-likeness (QED) is 0.694. The van der Waals surface area contributed by atoms with Crippen molar-refractivity contribution < 1.29 is 23.1 Å². The Morgan fingerprint density at radius 2 is 1.72 bits per heavy atom. The van der Waals surface area contributed by atoms with Crippen molar-refractivity contribution in [2.45, 2.75) is 44.7 Å². The average molecular weight is 418 g/mol. The van der Waals surface area contributed by atoms with Crippen LogP contribution in [0.25, 0.3) is 0 Å². The largest absolute Gasteiger partial charge is 0.494 e. The van der Waals surface area contributed by atoms with Crippen LogP contribution in [-0.2, 0) is 9.84 Å². The van der Waals surface area contributed by atoms with Gasteiger partial charge in [-0.1, -0.05) is 39.0 Å². The summed E-state index contributed by atoms with van der Waals surface area (Å²) in [5.74, 6) is -0.481. The Balaban J connectivity index is 1.64. The van der Waals surface area contributed by atoms with Crippen LogP contribution >= 0.6 is 0 Å². The second-order valence-corrected chi connectivity index (χ2v) is 10.4. The fraction of sp³-hybridized carbons (Fsp3) is 0.409. The van der Waals surface area contributed by atoms with Crippen molar-refractivity contribution in [2.75, 3.05) is 12.5 Å². The third-order valence-corrected chi connectivity index (χ3v) is 6.47. The number of nitrogens with zero attached hydrogens (tertiary/aromatic N) is 1. The first-order chi connectivity index (χ1) is 13.6. The van der Waals surface area contributed by atoms with E-state index in [1.807, 2.05) is 0 Å². The molecule has 1 atom stereocenters. The summed E-state index contributed by atoms with van der Waals surface area (Å²) in [6.45, 7) is 7.09. The molecule has 1 amide bonds. The zero-order valence-electron chi connectivity index (χ0n) is 17.0. The van der Waals surface area contributed by atoms with E-state index in [9.17, 15) is 18.3 Å². The maximum absolute atomic E-state index is 12.8. The maximum Gasteiger partial charge on any atom is 0.257 e. The number of rotatable bonds is 7. The molecule has 1 aliphatic rings. The predicted molar refractivity (Wildman–Crippen MR) is 110 cm³/mol. The molecule has 0 spiro atoms.